The fraction of sp³-hybridized carbons (Fsp3) is 0.385. The number of fused-ring (bicyclic) bond motifs is 3. The summed E-state index contributed by atoms with van der Waals surface area (Å²) in [5, 5.41) is 39.4. The molecule has 0 radical (unpaired) electrons. The summed E-state index contributed by atoms with van der Waals surface area (Å²) >= 11 is 0. The van der Waals surface area contributed by atoms with Gasteiger partial charge in [0.25, 0.3) is 0 Å². The first-order chi connectivity index (χ1) is 14.8. The molecule has 1 heterocycles. The number of aliphatic hydroxyl groups excluding tert-OH is 4. The van der Waals surface area contributed by atoms with Gasteiger partial charge in [-0.3, -0.25) is 0 Å². The number of ether oxygens (including phenoxy) is 1. The topological polar surface area (TPSA) is 90.2 Å². The number of rotatable bonds is 1. The van der Waals surface area contributed by atoms with Crippen LogP contribution in [0.2, 0.25) is 0 Å². The van der Waals surface area contributed by atoms with Crippen molar-refractivity contribution in [2.45, 2.75) is 56.7 Å². The number of benzene rings is 2. The normalized spacial score (nSPS) is 27.9. The molecule has 0 saturated carbocycles. The van der Waals surface area contributed by atoms with Crippen molar-refractivity contribution < 1.29 is 25.2 Å². The summed E-state index contributed by atoms with van der Waals surface area (Å²) in [6.07, 6.45) is -6.16. The van der Waals surface area contributed by atoms with E-state index in [2.05, 4.69) is 49.7 Å². The molecule has 2 aromatic carbocycles. The Morgan fingerprint density at radius 3 is 2.00 bits per heavy atom. The molecule has 0 aromatic heterocycles. The average molecular weight is 418 g/mol. The molecule has 2 aliphatic rings. The largest absolute Gasteiger partial charge is 0.394 e. The Bertz CT molecular complexity index is 1130. The lowest BCUT2D eigenvalue weighted by molar-refractivity contribution is -0.214. The van der Waals surface area contributed by atoms with Crippen LogP contribution in [0.5, 0.6) is 0 Å². The van der Waals surface area contributed by atoms with Crippen molar-refractivity contribution in [1.29, 1.82) is 0 Å². The molecule has 4 rings (SSSR count). The Morgan fingerprint density at radius 2 is 1.45 bits per heavy atom. The SMILES string of the molecule is CC#Cc1ccc2c(c1)C(C)(C)c1cc(C#CC3OC(CO)[C@@H](O)C(O)C3O)ccc1-2. The van der Waals surface area contributed by atoms with E-state index in [1.54, 1.807) is 0 Å². The molecule has 0 amide bonds. The quantitative estimate of drug-likeness (QED) is 0.528. The highest BCUT2D eigenvalue weighted by Crippen LogP contribution is 2.49. The smallest absolute Gasteiger partial charge is 0.147 e. The van der Waals surface area contributed by atoms with E-state index in [1.165, 1.54) is 11.1 Å². The van der Waals surface area contributed by atoms with Gasteiger partial charge in [-0.1, -0.05) is 43.7 Å². The molecule has 1 fully saturated rings. The standard InChI is InChI=1S/C26H26O5/c1-4-5-15-6-9-17-18-10-7-16(13-20(18)26(2,3)19(17)12-15)8-11-21-23(28)25(30)24(29)22(14-27)31-21/h6-7,9-10,12-13,21-25,27-30H,14H2,1-3H3/t21?,22?,23?,24-,25?/m1/s1. The van der Waals surface area contributed by atoms with Crippen molar-refractivity contribution in [3.8, 4) is 34.8 Å². The van der Waals surface area contributed by atoms with Gasteiger partial charge < -0.3 is 25.2 Å². The van der Waals surface area contributed by atoms with Crippen LogP contribution in [0.4, 0.5) is 0 Å². The van der Waals surface area contributed by atoms with Gasteiger partial charge in [0.05, 0.1) is 6.61 Å². The second-order valence-electron chi connectivity index (χ2n) is 8.54. The molecule has 0 spiro atoms. The lowest BCUT2D eigenvalue weighted by Crippen LogP contribution is -2.58. The molecule has 1 aliphatic carbocycles. The van der Waals surface area contributed by atoms with Crippen molar-refractivity contribution >= 4 is 0 Å². The van der Waals surface area contributed by atoms with E-state index in [0.717, 1.165) is 22.3 Å². The highest BCUT2D eigenvalue weighted by atomic mass is 16.5. The summed E-state index contributed by atoms with van der Waals surface area (Å²) in [4.78, 5) is 0. The molecule has 2 aromatic rings. The number of aliphatic hydroxyl groups is 4. The monoisotopic (exact) mass is 418 g/mol. The van der Waals surface area contributed by atoms with E-state index < -0.39 is 37.1 Å². The van der Waals surface area contributed by atoms with Gasteiger partial charge >= 0.3 is 0 Å². The van der Waals surface area contributed by atoms with Gasteiger partial charge in [-0.25, -0.2) is 0 Å². The van der Waals surface area contributed by atoms with Gasteiger partial charge in [-0.2, -0.15) is 0 Å². The molecule has 5 heteroatoms. The zero-order chi connectivity index (χ0) is 22.3. The van der Waals surface area contributed by atoms with Crippen molar-refractivity contribution in [1.82, 2.24) is 0 Å². The highest BCUT2D eigenvalue weighted by molar-refractivity contribution is 5.82. The van der Waals surface area contributed by atoms with Gasteiger partial charge in [0.1, 0.15) is 30.5 Å². The minimum Gasteiger partial charge on any atom is -0.394 e. The molecule has 4 N–H and O–H groups in total. The van der Waals surface area contributed by atoms with E-state index in [4.69, 9.17) is 4.74 Å². The summed E-state index contributed by atoms with van der Waals surface area (Å²) in [6.45, 7) is 5.71. The summed E-state index contributed by atoms with van der Waals surface area (Å²) < 4.78 is 5.48. The zero-order valence-electron chi connectivity index (χ0n) is 17.8. The summed E-state index contributed by atoms with van der Waals surface area (Å²) in [5.74, 6) is 11.9. The third kappa shape index (κ3) is 3.66. The van der Waals surface area contributed by atoms with Crippen LogP contribution in [0.3, 0.4) is 0 Å². The zero-order valence-corrected chi connectivity index (χ0v) is 17.8. The minimum atomic E-state index is -1.43. The maximum absolute atomic E-state index is 10.2. The van der Waals surface area contributed by atoms with Crippen molar-refractivity contribution in [3.63, 3.8) is 0 Å². The first kappa shape index (κ1) is 21.6. The summed E-state index contributed by atoms with van der Waals surface area (Å²) in [6, 6.07) is 12.3. The van der Waals surface area contributed by atoms with E-state index >= 15 is 0 Å². The molecule has 31 heavy (non-hydrogen) atoms. The number of hydrogen-bond donors (Lipinski definition) is 4. The third-order valence-corrected chi connectivity index (χ3v) is 6.20. The summed E-state index contributed by atoms with van der Waals surface area (Å²) in [5.41, 5.74) is 6.27. The first-order valence-electron chi connectivity index (χ1n) is 10.3. The maximum atomic E-state index is 10.2. The van der Waals surface area contributed by atoms with Crippen LogP contribution in [0.1, 0.15) is 43.0 Å². The van der Waals surface area contributed by atoms with Crippen LogP contribution in [-0.4, -0.2) is 57.6 Å². The van der Waals surface area contributed by atoms with Gasteiger partial charge in [-0.15, -0.1) is 5.92 Å². The van der Waals surface area contributed by atoms with Crippen LogP contribution in [-0.2, 0) is 10.2 Å². The van der Waals surface area contributed by atoms with Crippen LogP contribution in [0, 0.1) is 23.7 Å². The Balaban J connectivity index is 1.66. The third-order valence-electron chi connectivity index (χ3n) is 6.20. The van der Waals surface area contributed by atoms with E-state index in [0.29, 0.717) is 0 Å². The Kier molecular flexibility index (Phi) is 5.66. The lowest BCUT2D eigenvalue weighted by atomic mass is 9.81. The Hall–Kier alpha value is -2.64. The van der Waals surface area contributed by atoms with Gasteiger partial charge in [0.2, 0.25) is 0 Å². The fourth-order valence-electron chi connectivity index (χ4n) is 4.41. The summed E-state index contributed by atoms with van der Waals surface area (Å²) in [7, 11) is 0. The average Bonchev–Trinajstić information content (AvgIpc) is 2.98. The van der Waals surface area contributed by atoms with Crippen LogP contribution in [0.25, 0.3) is 11.1 Å². The van der Waals surface area contributed by atoms with E-state index in [-0.39, 0.29) is 5.41 Å². The van der Waals surface area contributed by atoms with E-state index in [1.807, 2.05) is 31.2 Å². The van der Waals surface area contributed by atoms with Crippen molar-refractivity contribution in [2.24, 2.45) is 0 Å². The number of hydrogen-bond acceptors (Lipinski definition) is 5. The van der Waals surface area contributed by atoms with Crippen molar-refractivity contribution in [2.75, 3.05) is 6.61 Å². The molecule has 0 bridgehead atoms. The van der Waals surface area contributed by atoms with Crippen LogP contribution >= 0.6 is 0 Å². The molecule has 5 atom stereocenters. The van der Waals surface area contributed by atoms with Gasteiger partial charge in [-0.05, 0) is 53.4 Å². The van der Waals surface area contributed by atoms with Crippen LogP contribution < -0.4 is 0 Å². The molecule has 4 unspecified atom stereocenters. The Morgan fingerprint density at radius 1 is 0.871 bits per heavy atom. The second-order valence-corrected chi connectivity index (χ2v) is 8.54. The minimum absolute atomic E-state index is 0.211. The molecule has 5 nitrogen and oxygen atoms in total. The van der Waals surface area contributed by atoms with Crippen molar-refractivity contribution in [3.05, 3.63) is 58.7 Å². The molecule has 1 aliphatic heterocycles. The fourth-order valence-corrected chi connectivity index (χ4v) is 4.41. The molecule has 160 valence electrons. The van der Waals surface area contributed by atoms with Crippen LogP contribution in [0.15, 0.2) is 36.4 Å². The predicted octanol–water partition coefficient (Wildman–Crippen LogP) is 1.56. The van der Waals surface area contributed by atoms with E-state index in [9.17, 15) is 20.4 Å². The molecular formula is C26H26O5. The molecule has 1 saturated heterocycles. The molecular weight excluding hydrogens is 392 g/mol. The van der Waals surface area contributed by atoms with Gasteiger partial charge in [0.15, 0.2) is 0 Å². The maximum Gasteiger partial charge on any atom is 0.147 e. The second kappa shape index (κ2) is 8.13. The lowest BCUT2D eigenvalue weighted by Gasteiger charge is -2.37. The first-order valence-corrected chi connectivity index (χ1v) is 10.3. The Labute approximate surface area is 182 Å². The predicted molar refractivity (Wildman–Crippen MR) is 117 cm³/mol. The van der Waals surface area contributed by atoms with Gasteiger partial charge in [0, 0.05) is 16.5 Å². The highest BCUT2D eigenvalue weighted by Gasteiger charge is 2.42.